The molecule has 4 nitrogen and oxygen atoms in total. The highest BCUT2D eigenvalue weighted by atomic mass is 32.2. The number of hydrogen-bond donors (Lipinski definition) is 0. The van der Waals surface area contributed by atoms with Gasteiger partial charge in [-0.25, -0.2) is 0 Å². The Morgan fingerprint density at radius 2 is 2.08 bits per heavy atom. The number of rotatable bonds is 7. The van der Waals surface area contributed by atoms with Gasteiger partial charge in [-0.2, -0.15) is 11.8 Å². The van der Waals surface area contributed by atoms with Crippen molar-refractivity contribution in [3.63, 3.8) is 0 Å². The smallest absolute Gasteiger partial charge is 0.232 e. The van der Waals surface area contributed by atoms with Gasteiger partial charge >= 0.3 is 0 Å². The first kappa shape index (κ1) is 19.1. The van der Waals surface area contributed by atoms with Crippen LogP contribution in [0.4, 0.5) is 0 Å². The summed E-state index contributed by atoms with van der Waals surface area (Å²) in [6, 6.07) is 0. The minimum Gasteiger partial charge on any atom is -0.342 e. The molecule has 2 saturated heterocycles. The van der Waals surface area contributed by atoms with Crippen LogP contribution in [-0.4, -0.2) is 59.3 Å². The fraction of sp³-hybridized carbons (Fsp3) is 0.900. The Morgan fingerprint density at radius 1 is 1.28 bits per heavy atom. The maximum absolute atomic E-state index is 12.6. The lowest BCUT2D eigenvalue weighted by Crippen LogP contribution is -2.55. The first-order chi connectivity index (χ1) is 12.0. The van der Waals surface area contributed by atoms with Gasteiger partial charge in [0.2, 0.25) is 11.8 Å². The second-order valence-corrected chi connectivity index (χ2v) is 9.91. The van der Waals surface area contributed by atoms with E-state index in [-0.39, 0.29) is 5.41 Å². The largest absolute Gasteiger partial charge is 0.342 e. The number of carbonyl (C=O) groups excluding carboxylic acids is 2. The van der Waals surface area contributed by atoms with E-state index in [0.29, 0.717) is 29.9 Å². The SMILES string of the molecule is CC(C)CCN1C[C@]2(CCCN(C(=O)CSCC3CC3)C2)CCC1=O. The van der Waals surface area contributed by atoms with E-state index < -0.39 is 0 Å². The van der Waals surface area contributed by atoms with Crippen LogP contribution in [-0.2, 0) is 9.59 Å². The fourth-order valence-corrected chi connectivity index (χ4v) is 5.30. The van der Waals surface area contributed by atoms with E-state index in [1.54, 1.807) is 0 Å². The number of nitrogens with zero attached hydrogens (tertiary/aromatic N) is 2. The lowest BCUT2D eigenvalue weighted by Gasteiger charge is -2.48. The molecular formula is C20H34N2O2S. The van der Waals surface area contributed by atoms with Crippen LogP contribution in [0.3, 0.4) is 0 Å². The highest BCUT2D eigenvalue weighted by Gasteiger charge is 2.42. The van der Waals surface area contributed by atoms with Gasteiger partial charge in [-0.15, -0.1) is 0 Å². The molecule has 3 rings (SSSR count). The van der Waals surface area contributed by atoms with E-state index in [4.69, 9.17) is 0 Å². The third-order valence-corrected chi connectivity index (χ3v) is 7.17. The number of thioether (sulfide) groups is 1. The Balaban J connectivity index is 1.52. The number of likely N-dealkylation sites (tertiary alicyclic amines) is 2. The third-order valence-electron chi connectivity index (χ3n) is 6.01. The molecule has 0 N–H and O–H groups in total. The zero-order chi connectivity index (χ0) is 17.9. The van der Waals surface area contributed by atoms with Crippen LogP contribution >= 0.6 is 11.8 Å². The Hall–Kier alpha value is -0.710. The van der Waals surface area contributed by atoms with Gasteiger partial charge in [0, 0.05) is 38.0 Å². The quantitative estimate of drug-likeness (QED) is 0.693. The van der Waals surface area contributed by atoms with Gasteiger partial charge in [-0.3, -0.25) is 9.59 Å². The molecule has 2 aliphatic heterocycles. The average molecular weight is 367 g/mol. The van der Waals surface area contributed by atoms with Crippen molar-refractivity contribution in [3.8, 4) is 0 Å². The third kappa shape index (κ3) is 5.38. The van der Waals surface area contributed by atoms with Crippen molar-refractivity contribution in [1.82, 2.24) is 9.80 Å². The summed E-state index contributed by atoms with van der Waals surface area (Å²) in [6.07, 6.45) is 7.66. The van der Waals surface area contributed by atoms with Crippen molar-refractivity contribution in [2.75, 3.05) is 37.7 Å². The molecule has 2 amide bonds. The lowest BCUT2D eigenvalue weighted by molar-refractivity contribution is -0.142. The summed E-state index contributed by atoms with van der Waals surface area (Å²) in [4.78, 5) is 29.1. The Bertz CT molecular complexity index is 492. The van der Waals surface area contributed by atoms with Crippen LogP contribution in [0, 0.1) is 17.3 Å². The normalized spacial score (nSPS) is 27.4. The minimum absolute atomic E-state index is 0.153. The molecule has 1 spiro atoms. The second-order valence-electron chi connectivity index (χ2n) is 8.88. The van der Waals surface area contributed by atoms with Gasteiger partial charge < -0.3 is 9.80 Å². The average Bonchev–Trinajstić information content (AvgIpc) is 3.40. The van der Waals surface area contributed by atoms with Crippen LogP contribution in [0.2, 0.25) is 0 Å². The maximum Gasteiger partial charge on any atom is 0.232 e. The van der Waals surface area contributed by atoms with E-state index >= 15 is 0 Å². The molecular weight excluding hydrogens is 332 g/mol. The fourth-order valence-electron chi connectivity index (χ4n) is 4.16. The molecule has 1 saturated carbocycles. The van der Waals surface area contributed by atoms with Crippen molar-refractivity contribution in [1.29, 1.82) is 0 Å². The molecule has 0 aromatic heterocycles. The first-order valence-electron chi connectivity index (χ1n) is 10.1. The van der Waals surface area contributed by atoms with Crippen LogP contribution in [0.5, 0.6) is 0 Å². The first-order valence-corrected chi connectivity index (χ1v) is 11.3. The number of piperidine rings is 2. The molecule has 142 valence electrons. The molecule has 0 aromatic rings. The molecule has 0 bridgehead atoms. The molecule has 0 aromatic carbocycles. The van der Waals surface area contributed by atoms with Crippen molar-refractivity contribution in [2.24, 2.45) is 17.3 Å². The molecule has 3 aliphatic rings. The lowest BCUT2D eigenvalue weighted by atomic mass is 9.73. The molecule has 1 aliphatic carbocycles. The molecule has 25 heavy (non-hydrogen) atoms. The molecule has 0 radical (unpaired) electrons. The Morgan fingerprint density at radius 3 is 2.80 bits per heavy atom. The van der Waals surface area contributed by atoms with Gasteiger partial charge in [0.15, 0.2) is 0 Å². The van der Waals surface area contributed by atoms with E-state index in [2.05, 4.69) is 23.6 Å². The van der Waals surface area contributed by atoms with Crippen molar-refractivity contribution in [2.45, 2.75) is 58.8 Å². The predicted octanol–water partition coefficient (Wildman–Crippen LogP) is 3.41. The topological polar surface area (TPSA) is 40.6 Å². The number of hydrogen-bond acceptors (Lipinski definition) is 3. The van der Waals surface area contributed by atoms with Crippen LogP contribution in [0.1, 0.15) is 58.8 Å². The summed E-state index contributed by atoms with van der Waals surface area (Å²) in [5.74, 6) is 3.93. The summed E-state index contributed by atoms with van der Waals surface area (Å²) in [7, 11) is 0. The van der Waals surface area contributed by atoms with Gasteiger partial charge in [0.25, 0.3) is 0 Å². The summed E-state index contributed by atoms with van der Waals surface area (Å²) in [5, 5.41) is 0. The number of amides is 2. The highest BCUT2D eigenvalue weighted by molar-refractivity contribution is 7.99. The van der Waals surface area contributed by atoms with Crippen LogP contribution < -0.4 is 0 Å². The maximum atomic E-state index is 12.6. The van der Waals surface area contributed by atoms with Gasteiger partial charge in [0.1, 0.15) is 0 Å². The molecule has 5 heteroatoms. The zero-order valence-electron chi connectivity index (χ0n) is 16.0. The van der Waals surface area contributed by atoms with E-state index in [0.717, 1.165) is 63.5 Å². The second kappa shape index (κ2) is 8.32. The molecule has 2 heterocycles. The molecule has 1 atom stereocenters. The Labute approximate surface area is 157 Å². The summed E-state index contributed by atoms with van der Waals surface area (Å²) < 4.78 is 0. The monoisotopic (exact) mass is 366 g/mol. The van der Waals surface area contributed by atoms with Crippen molar-refractivity contribution >= 4 is 23.6 Å². The van der Waals surface area contributed by atoms with Crippen molar-refractivity contribution in [3.05, 3.63) is 0 Å². The van der Waals surface area contributed by atoms with Crippen LogP contribution in [0.15, 0.2) is 0 Å². The van der Waals surface area contributed by atoms with E-state index in [1.165, 1.54) is 12.8 Å². The highest BCUT2D eigenvalue weighted by Crippen LogP contribution is 2.39. The summed E-state index contributed by atoms with van der Waals surface area (Å²) in [5.41, 5.74) is 0.153. The van der Waals surface area contributed by atoms with E-state index in [9.17, 15) is 9.59 Å². The number of carbonyl (C=O) groups is 2. The zero-order valence-corrected chi connectivity index (χ0v) is 16.8. The van der Waals surface area contributed by atoms with Gasteiger partial charge in [0.05, 0.1) is 5.75 Å². The molecule has 3 fully saturated rings. The van der Waals surface area contributed by atoms with Crippen molar-refractivity contribution < 1.29 is 9.59 Å². The minimum atomic E-state index is 0.153. The molecule has 0 unspecified atom stereocenters. The van der Waals surface area contributed by atoms with E-state index in [1.807, 2.05) is 11.8 Å². The van der Waals surface area contributed by atoms with Gasteiger partial charge in [-0.1, -0.05) is 13.8 Å². The predicted molar refractivity (Wildman–Crippen MR) is 104 cm³/mol. The summed E-state index contributed by atoms with van der Waals surface area (Å²) in [6.45, 7) is 7.93. The Kier molecular flexibility index (Phi) is 6.35. The van der Waals surface area contributed by atoms with Gasteiger partial charge in [-0.05, 0) is 56.1 Å². The summed E-state index contributed by atoms with van der Waals surface area (Å²) >= 11 is 1.82. The standard InChI is InChI=1S/C20H34N2O2S/c1-16(2)7-11-22-15-20(9-6-18(22)23)8-3-10-21(14-20)19(24)13-25-12-17-4-5-17/h16-17H,3-15H2,1-2H3/t20-/m1/s1. The van der Waals surface area contributed by atoms with Crippen LogP contribution in [0.25, 0.3) is 0 Å².